The van der Waals surface area contributed by atoms with E-state index in [9.17, 15) is 4.39 Å². The normalized spacial score (nSPS) is 19.3. The van der Waals surface area contributed by atoms with Crippen LogP contribution in [0.1, 0.15) is 37.4 Å². The van der Waals surface area contributed by atoms with Crippen LogP contribution in [0.2, 0.25) is 0 Å². The van der Waals surface area contributed by atoms with E-state index in [1.807, 2.05) is 6.07 Å². The van der Waals surface area contributed by atoms with Crippen molar-refractivity contribution in [3.8, 4) is 0 Å². The molecule has 1 aliphatic carbocycles. The van der Waals surface area contributed by atoms with E-state index in [2.05, 4.69) is 25.8 Å². The van der Waals surface area contributed by atoms with E-state index in [0.29, 0.717) is 12.6 Å². The van der Waals surface area contributed by atoms with E-state index in [-0.39, 0.29) is 11.2 Å². The van der Waals surface area contributed by atoms with E-state index in [1.165, 1.54) is 5.56 Å². The molecule has 0 bridgehead atoms. The molecule has 1 atom stereocenters. The maximum atomic E-state index is 13.2. The van der Waals surface area contributed by atoms with Gasteiger partial charge in [-0.15, -0.1) is 0 Å². The summed E-state index contributed by atoms with van der Waals surface area (Å²) in [6, 6.07) is 5.59. The summed E-state index contributed by atoms with van der Waals surface area (Å²) in [7, 11) is 2.14. The van der Waals surface area contributed by atoms with Crippen molar-refractivity contribution in [2.45, 2.75) is 32.7 Å². The number of hydrogen-bond donors (Lipinski definition) is 1. The molecule has 0 radical (unpaired) electrons. The molecule has 0 heterocycles. The summed E-state index contributed by atoms with van der Waals surface area (Å²) < 4.78 is 13.2. The highest BCUT2D eigenvalue weighted by Gasteiger charge is 2.29. The number of fused-ring (bicyclic) bond motifs is 1. The molecule has 0 fully saturated rings. The Balaban J connectivity index is 2.13. The molecular formula is C15H23FN2. The highest BCUT2D eigenvalue weighted by molar-refractivity contribution is 5.35. The maximum Gasteiger partial charge on any atom is 0.123 e. The Morgan fingerprint density at radius 3 is 2.83 bits per heavy atom. The van der Waals surface area contributed by atoms with Crippen LogP contribution in [0.3, 0.4) is 0 Å². The Labute approximate surface area is 109 Å². The molecular weight excluding hydrogens is 227 g/mol. The zero-order valence-electron chi connectivity index (χ0n) is 11.5. The molecule has 0 aliphatic heterocycles. The molecule has 0 saturated carbocycles. The minimum Gasteiger partial charge on any atom is -0.330 e. The van der Waals surface area contributed by atoms with Crippen molar-refractivity contribution in [2.75, 3.05) is 20.1 Å². The minimum atomic E-state index is -0.126. The van der Waals surface area contributed by atoms with Gasteiger partial charge in [0.05, 0.1) is 0 Å². The van der Waals surface area contributed by atoms with Crippen LogP contribution in [0.4, 0.5) is 4.39 Å². The molecule has 2 nitrogen and oxygen atoms in total. The van der Waals surface area contributed by atoms with Crippen molar-refractivity contribution in [1.82, 2.24) is 4.90 Å². The Bertz CT molecular complexity index is 429. The third-order valence-corrected chi connectivity index (χ3v) is 3.91. The second-order valence-electron chi connectivity index (χ2n) is 6.18. The molecule has 2 rings (SSSR count). The smallest absolute Gasteiger partial charge is 0.123 e. The molecule has 1 aromatic rings. The van der Waals surface area contributed by atoms with Gasteiger partial charge in [-0.1, -0.05) is 19.9 Å². The summed E-state index contributed by atoms with van der Waals surface area (Å²) in [4.78, 5) is 2.36. The fraction of sp³-hybridized carbons (Fsp3) is 0.600. The molecule has 100 valence electrons. The second-order valence-corrected chi connectivity index (χ2v) is 6.18. The lowest BCUT2D eigenvalue weighted by Gasteiger charge is -2.33. The summed E-state index contributed by atoms with van der Waals surface area (Å²) in [5.74, 6) is -0.126. The first kappa shape index (κ1) is 13.5. The third kappa shape index (κ3) is 2.73. The Hall–Kier alpha value is -0.930. The average Bonchev–Trinajstić information content (AvgIpc) is 2.71. The number of aryl methyl sites for hydroxylation is 1. The van der Waals surface area contributed by atoms with Crippen LogP contribution >= 0.6 is 0 Å². The summed E-state index contributed by atoms with van der Waals surface area (Å²) in [5, 5.41) is 0. The van der Waals surface area contributed by atoms with Gasteiger partial charge in [0.1, 0.15) is 5.82 Å². The fourth-order valence-corrected chi connectivity index (χ4v) is 2.87. The van der Waals surface area contributed by atoms with Crippen molar-refractivity contribution in [1.29, 1.82) is 0 Å². The highest BCUT2D eigenvalue weighted by atomic mass is 19.1. The first-order valence-corrected chi connectivity index (χ1v) is 6.61. The SMILES string of the molecule is CN(CC(C)(C)CN)C1CCc2cc(F)ccc21. The molecule has 1 aliphatic rings. The van der Waals surface area contributed by atoms with Crippen molar-refractivity contribution in [3.63, 3.8) is 0 Å². The summed E-state index contributed by atoms with van der Waals surface area (Å²) in [5.41, 5.74) is 8.36. The van der Waals surface area contributed by atoms with Gasteiger partial charge in [-0.2, -0.15) is 0 Å². The van der Waals surface area contributed by atoms with Crippen LogP contribution in [-0.2, 0) is 6.42 Å². The predicted octanol–water partition coefficient (Wildman–Crippen LogP) is 2.73. The van der Waals surface area contributed by atoms with Crippen molar-refractivity contribution in [2.24, 2.45) is 11.1 Å². The van der Waals surface area contributed by atoms with E-state index in [4.69, 9.17) is 5.73 Å². The van der Waals surface area contributed by atoms with Gasteiger partial charge in [-0.3, -0.25) is 4.90 Å². The van der Waals surface area contributed by atoms with Crippen LogP contribution in [0.15, 0.2) is 18.2 Å². The molecule has 1 unspecified atom stereocenters. The zero-order chi connectivity index (χ0) is 13.3. The molecule has 0 spiro atoms. The lowest BCUT2D eigenvalue weighted by atomic mass is 9.92. The Kier molecular flexibility index (Phi) is 3.74. The van der Waals surface area contributed by atoms with Gasteiger partial charge in [0.2, 0.25) is 0 Å². The summed E-state index contributed by atoms with van der Waals surface area (Å²) in [6.07, 6.45) is 2.06. The standard InChI is InChI=1S/C15H23FN2/c1-15(2,9-17)10-18(3)14-7-4-11-8-12(16)5-6-13(11)14/h5-6,8,14H,4,7,9-10,17H2,1-3H3. The molecule has 0 saturated heterocycles. The molecule has 2 N–H and O–H groups in total. The lowest BCUT2D eigenvalue weighted by Crippen LogP contribution is -2.38. The molecule has 0 aromatic heterocycles. The number of halogens is 1. The van der Waals surface area contributed by atoms with Gasteiger partial charge < -0.3 is 5.73 Å². The van der Waals surface area contributed by atoms with Gasteiger partial charge in [0.15, 0.2) is 0 Å². The van der Waals surface area contributed by atoms with Crippen molar-refractivity contribution >= 4 is 0 Å². The van der Waals surface area contributed by atoms with Crippen LogP contribution in [0.25, 0.3) is 0 Å². The van der Waals surface area contributed by atoms with E-state index < -0.39 is 0 Å². The van der Waals surface area contributed by atoms with Crippen LogP contribution in [-0.4, -0.2) is 25.0 Å². The minimum absolute atomic E-state index is 0.123. The van der Waals surface area contributed by atoms with E-state index >= 15 is 0 Å². The lowest BCUT2D eigenvalue weighted by molar-refractivity contribution is 0.164. The topological polar surface area (TPSA) is 29.3 Å². The fourth-order valence-electron chi connectivity index (χ4n) is 2.87. The average molecular weight is 250 g/mol. The number of nitrogens with zero attached hydrogens (tertiary/aromatic N) is 1. The monoisotopic (exact) mass is 250 g/mol. The Morgan fingerprint density at radius 2 is 2.17 bits per heavy atom. The quantitative estimate of drug-likeness (QED) is 0.890. The zero-order valence-corrected chi connectivity index (χ0v) is 11.5. The largest absolute Gasteiger partial charge is 0.330 e. The van der Waals surface area contributed by atoms with Gasteiger partial charge in [-0.25, -0.2) is 4.39 Å². The van der Waals surface area contributed by atoms with Gasteiger partial charge in [0.25, 0.3) is 0 Å². The highest BCUT2D eigenvalue weighted by Crippen LogP contribution is 2.36. The van der Waals surface area contributed by atoms with E-state index in [0.717, 1.165) is 24.9 Å². The summed E-state index contributed by atoms with van der Waals surface area (Å²) >= 11 is 0. The second kappa shape index (κ2) is 4.98. The van der Waals surface area contributed by atoms with Gasteiger partial charge in [-0.05, 0) is 55.1 Å². The summed E-state index contributed by atoms with van der Waals surface area (Å²) in [6.45, 7) is 6.01. The number of benzene rings is 1. The predicted molar refractivity (Wildman–Crippen MR) is 72.9 cm³/mol. The number of rotatable bonds is 4. The first-order valence-electron chi connectivity index (χ1n) is 6.61. The van der Waals surface area contributed by atoms with Crippen molar-refractivity contribution in [3.05, 3.63) is 35.1 Å². The number of nitrogens with two attached hydrogens (primary N) is 1. The van der Waals surface area contributed by atoms with Gasteiger partial charge >= 0.3 is 0 Å². The van der Waals surface area contributed by atoms with Gasteiger partial charge in [0, 0.05) is 12.6 Å². The molecule has 3 heteroatoms. The molecule has 18 heavy (non-hydrogen) atoms. The third-order valence-electron chi connectivity index (χ3n) is 3.91. The van der Waals surface area contributed by atoms with E-state index in [1.54, 1.807) is 12.1 Å². The maximum absolute atomic E-state index is 13.2. The number of hydrogen-bond acceptors (Lipinski definition) is 2. The van der Waals surface area contributed by atoms with Crippen LogP contribution < -0.4 is 5.73 Å². The van der Waals surface area contributed by atoms with Crippen LogP contribution in [0.5, 0.6) is 0 Å². The molecule has 0 amide bonds. The molecule has 1 aromatic carbocycles. The first-order chi connectivity index (χ1) is 8.43. The Morgan fingerprint density at radius 1 is 1.44 bits per heavy atom. The van der Waals surface area contributed by atoms with Crippen molar-refractivity contribution < 1.29 is 4.39 Å². The van der Waals surface area contributed by atoms with Crippen LogP contribution in [0, 0.1) is 11.2 Å².